The van der Waals surface area contributed by atoms with Gasteiger partial charge in [0.15, 0.2) is 0 Å². The van der Waals surface area contributed by atoms with E-state index in [-0.39, 0.29) is 24.7 Å². The molecule has 0 bridgehead atoms. The Kier molecular flexibility index (Phi) is 3.69. The first-order valence-corrected chi connectivity index (χ1v) is 7.95. The molecule has 2 fully saturated rings. The van der Waals surface area contributed by atoms with Gasteiger partial charge < -0.3 is 5.32 Å². The molecule has 0 aliphatic heterocycles. The number of aryl methyl sites for hydroxylation is 2. The number of aromatic nitrogens is 1. The lowest BCUT2D eigenvalue weighted by Gasteiger charge is -2.37. The number of carbonyl (C=O) groups excluding carboxylic acids is 1. The summed E-state index contributed by atoms with van der Waals surface area (Å²) in [6.45, 7) is 3.82. The van der Waals surface area contributed by atoms with Crippen molar-refractivity contribution in [2.24, 2.45) is 11.3 Å². The van der Waals surface area contributed by atoms with Crippen LogP contribution in [0.25, 0.3) is 0 Å². The molecule has 1 amide bonds. The quantitative estimate of drug-likeness (QED) is 0.887. The molecule has 22 heavy (non-hydrogen) atoms. The van der Waals surface area contributed by atoms with Crippen LogP contribution >= 0.6 is 0 Å². The Balaban J connectivity index is 1.84. The van der Waals surface area contributed by atoms with E-state index < -0.39 is 11.3 Å². The Hall–Kier alpha value is -1.52. The Morgan fingerprint density at radius 1 is 1.36 bits per heavy atom. The Morgan fingerprint density at radius 3 is 2.86 bits per heavy atom. The van der Waals surface area contributed by atoms with Gasteiger partial charge in [-0.25, -0.2) is 8.78 Å². The summed E-state index contributed by atoms with van der Waals surface area (Å²) in [5, 5.41) is 2.84. The number of nitrogens with one attached hydrogen (secondary N) is 1. The first kappa shape index (κ1) is 15.4. The van der Waals surface area contributed by atoms with Crippen LogP contribution in [0.3, 0.4) is 0 Å². The number of alkyl halides is 2. The Bertz CT molecular complexity index is 602. The van der Waals surface area contributed by atoms with Crippen LogP contribution < -0.4 is 5.32 Å². The molecule has 2 aliphatic carbocycles. The van der Waals surface area contributed by atoms with E-state index in [0.717, 1.165) is 30.5 Å². The van der Waals surface area contributed by atoms with Crippen molar-refractivity contribution >= 4 is 11.6 Å². The number of anilines is 1. The molecule has 2 unspecified atom stereocenters. The highest BCUT2D eigenvalue weighted by molar-refractivity contribution is 5.96. The van der Waals surface area contributed by atoms with Crippen molar-refractivity contribution in [2.45, 2.75) is 58.3 Å². The minimum absolute atomic E-state index is 0.147. The second-order valence-corrected chi connectivity index (χ2v) is 6.92. The van der Waals surface area contributed by atoms with E-state index in [1.54, 1.807) is 6.20 Å². The fourth-order valence-electron chi connectivity index (χ4n) is 4.08. The summed E-state index contributed by atoms with van der Waals surface area (Å²) in [4.78, 5) is 17.0. The molecule has 3 rings (SSSR count). The smallest absolute Gasteiger partial charge is 0.249 e. The van der Waals surface area contributed by atoms with Crippen LogP contribution in [0.4, 0.5) is 14.5 Å². The molecule has 1 heterocycles. The SMILES string of the molecule is Cc1cc(NC(=O)C23CCCCC2CC(F)(F)C3)cnc1C. The van der Waals surface area contributed by atoms with Crippen molar-refractivity contribution < 1.29 is 13.6 Å². The van der Waals surface area contributed by atoms with E-state index in [4.69, 9.17) is 0 Å². The summed E-state index contributed by atoms with van der Waals surface area (Å²) in [5.41, 5.74) is 1.58. The fraction of sp³-hybridized carbons (Fsp3) is 0.647. The molecule has 0 aromatic carbocycles. The third kappa shape index (κ3) is 2.61. The number of fused-ring (bicyclic) bond motifs is 1. The highest BCUT2D eigenvalue weighted by atomic mass is 19.3. The van der Waals surface area contributed by atoms with Gasteiger partial charge in [-0.2, -0.15) is 0 Å². The average molecular weight is 308 g/mol. The third-order valence-electron chi connectivity index (χ3n) is 5.38. The van der Waals surface area contributed by atoms with Gasteiger partial charge in [0.1, 0.15) is 0 Å². The summed E-state index contributed by atoms with van der Waals surface area (Å²) in [6.07, 6.45) is 4.24. The van der Waals surface area contributed by atoms with Gasteiger partial charge in [-0.05, 0) is 44.2 Å². The number of amides is 1. The summed E-state index contributed by atoms with van der Waals surface area (Å²) in [7, 11) is 0. The zero-order chi connectivity index (χ0) is 16.0. The topological polar surface area (TPSA) is 42.0 Å². The molecule has 120 valence electrons. The lowest BCUT2D eigenvalue weighted by atomic mass is 9.67. The molecule has 1 aromatic rings. The van der Waals surface area contributed by atoms with Crippen LogP contribution in [0.5, 0.6) is 0 Å². The van der Waals surface area contributed by atoms with Gasteiger partial charge in [0.25, 0.3) is 0 Å². The van der Waals surface area contributed by atoms with Gasteiger partial charge in [-0.1, -0.05) is 12.8 Å². The minimum atomic E-state index is -2.71. The van der Waals surface area contributed by atoms with Gasteiger partial charge in [-0.15, -0.1) is 0 Å². The largest absolute Gasteiger partial charge is 0.324 e. The molecule has 2 saturated carbocycles. The maximum atomic E-state index is 13.9. The third-order valence-corrected chi connectivity index (χ3v) is 5.38. The van der Waals surface area contributed by atoms with Gasteiger partial charge in [0.2, 0.25) is 11.8 Å². The first-order chi connectivity index (χ1) is 10.3. The molecule has 0 saturated heterocycles. The van der Waals surface area contributed by atoms with E-state index >= 15 is 0 Å². The van der Waals surface area contributed by atoms with Crippen molar-refractivity contribution in [3.63, 3.8) is 0 Å². The summed E-state index contributed by atoms with van der Waals surface area (Å²) in [5.74, 6) is -3.16. The van der Waals surface area contributed by atoms with Crippen LogP contribution in [0.15, 0.2) is 12.3 Å². The number of halogens is 2. The number of carbonyl (C=O) groups is 1. The van der Waals surface area contributed by atoms with Crippen LogP contribution in [-0.2, 0) is 4.79 Å². The van der Waals surface area contributed by atoms with E-state index in [1.807, 2.05) is 19.9 Å². The van der Waals surface area contributed by atoms with Gasteiger partial charge in [0.05, 0.1) is 17.3 Å². The van der Waals surface area contributed by atoms with E-state index in [9.17, 15) is 13.6 Å². The maximum absolute atomic E-state index is 13.9. The van der Waals surface area contributed by atoms with E-state index in [1.165, 1.54) is 0 Å². The van der Waals surface area contributed by atoms with Crippen molar-refractivity contribution in [3.8, 4) is 0 Å². The summed E-state index contributed by atoms with van der Waals surface area (Å²) < 4.78 is 27.8. The van der Waals surface area contributed by atoms with Crippen molar-refractivity contribution in [3.05, 3.63) is 23.5 Å². The van der Waals surface area contributed by atoms with Crippen molar-refractivity contribution in [1.82, 2.24) is 4.98 Å². The molecule has 3 nitrogen and oxygen atoms in total. The first-order valence-electron chi connectivity index (χ1n) is 7.95. The zero-order valence-corrected chi connectivity index (χ0v) is 13.1. The number of hydrogen-bond acceptors (Lipinski definition) is 2. The molecule has 2 aliphatic rings. The second kappa shape index (κ2) is 5.28. The van der Waals surface area contributed by atoms with Crippen molar-refractivity contribution in [1.29, 1.82) is 0 Å². The maximum Gasteiger partial charge on any atom is 0.249 e. The predicted octanol–water partition coefficient (Wildman–Crippen LogP) is 4.24. The minimum Gasteiger partial charge on any atom is -0.324 e. The fourth-order valence-corrected chi connectivity index (χ4v) is 4.08. The van der Waals surface area contributed by atoms with Gasteiger partial charge in [0, 0.05) is 18.5 Å². The Morgan fingerprint density at radius 2 is 2.14 bits per heavy atom. The zero-order valence-electron chi connectivity index (χ0n) is 13.1. The highest BCUT2D eigenvalue weighted by Gasteiger charge is 2.60. The molecule has 5 heteroatoms. The van der Waals surface area contributed by atoms with E-state index in [2.05, 4.69) is 10.3 Å². The number of pyridine rings is 1. The van der Waals surface area contributed by atoms with Crippen LogP contribution in [-0.4, -0.2) is 16.8 Å². The standard InChI is InChI=1S/C17H22F2N2O/c1-11-7-14(9-20-12(11)2)21-15(22)16-6-4-3-5-13(16)8-17(18,19)10-16/h7,9,13H,3-6,8,10H2,1-2H3,(H,21,22). The average Bonchev–Trinajstić information content (AvgIpc) is 2.74. The molecular weight excluding hydrogens is 286 g/mol. The molecule has 1 aromatic heterocycles. The second-order valence-electron chi connectivity index (χ2n) is 6.92. The van der Waals surface area contributed by atoms with Crippen LogP contribution in [0, 0.1) is 25.2 Å². The van der Waals surface area contributed by atoms with Gasteiger partial charge >= 0.3 is 0 Å². The van der Waals surface area contributed by atoms with Crippen LogP contribution in [0.2, 0.25) is 0 Å². The Labute approximate surface area is 129 Å². The lowest BCUT2D eigenvalue weighted by molar-refractivity contribution is -0.130. The molecular formula is C17H22F2N2O. The summed E-state index contributed by atoms with van der Waals surface area (Å²) >= 11 is 0. The van der Waals surface area contributed by atoms with Gasteiger partial charge in [-0.3, -0.25) is 9.78 Å². The highest BCUT2D eigenvalue weighted by Crippen LogP contribution is 2.58. The molecule has 0 radical (unpaired) electrons. The predicted molar refractivity (Wildman–Crippen MR) is 80.9 cm³/mol. The summed E-state index contributed by atoms with van der Waals surface area (Å²) in [6, 6.07) is 1.85. The number of rotatable bonds is 2. The van der Waals surface area contributed by atoms with Crippen molar-refractivity contribution in [2.75, 3.05) is 5.32 Å². The number of hydrogen-bond donors (Lipinski definition) is 1. The van der Waals surface area contributed by atoms with Crippen LogP contribution in [0.1, 0.15) is 49.8 Å². The molecule has 1 N–H and O–H groups in total. The lowest BCUT2D eigenvalue weighted by Crippen LogP contribution is -2.41. The molecule has 0 spiro atoms. The normalized spacial score (nSPS) is 29.9. The number of nitrogens with zero attached hydrogens (tertiary/aromatic N) is 1. The monoisotopic (exact) mass is 308 g/mol. The van der Waals surface area contributed by atoms with E-state index in [0.29, 0.717) is 12.1 Å². The molecule has 2 atom stereocenters.